The van der Waals surface area contributed by atoms with Crippen molar-refractivity contribution in [2.75, 3.05) is 39.3 Å². The zero-order valence-corrected chi connectivity index (χ0v) is 19.5. The number of methoxy groups -OCH3 is 3. The van der Waals surface area contributed by atoms with Crippen LogP contribution in [0.2, 0.25) is 0 Å². The lowest BCUT2D eigenvalue weighted by molar-refractivity contribution is -0.121. The van der Waals surface area contributed by atoms with E-state index in [1.165, 1.54) is 12.0 Å². The molecule has 2 atom stereocenters. The Morgan fingerprint density at radius 1 is 0.818 bits per heavy atom. The fraction of sp³-hybridized carbons (Fsp3) is 0.360. The number of rotatable bonds is 6. The van der Waals surface area contributed by atoms with E-state index in [-0.39, 0.29) is 12.2 Å². The molecule has 8 heteroatoms. The van der Waals surface area contributed by atoms with E-state index in [0.717, 1.165) is 0 Å². The van der Waals surface area contributed by atoms with Gasteiger partial charge in [0.15, 0.2) is 0 Å². The lowest BCUT2D eigenvalue weighted by Crippen LogP contribution is -2.47. The van der Waals surface area contributed by atoms with Gasteiger partial charge in [-0.3, -0.25) is 9.59 Å². The van der Waals surface area contributed by atoms with Gasteiger partial charge in [0.1, 0.15) is 22.9 Å². The first-order chi connectivity index (χ1) is 15.9. The highest BCUT2D eigenvalue weighted by Crippen LogP contribution is 2.40. The minimum absolute atomic E-state index is 0.0779. The van der Waals surface area contributed by atoms with Gasteiger partial charge >= 0.3 is 0 Å². The maximum absolute atomic E-state index is 13.8. The van der Waals surface area contributed by atoms with Gasteiger partial charge in [-0.15, -0.1) is 0 Å². The second kappa shape index (κ2) is 9.15. The molecular weight excluding hydrogens is 424 g/mol. The molecule has 1 fully saturated rings. The average molecular weight is 453 g/mol. The second-order valence-electron chi connectivity index (χ2n) is 8.10. The van der Waals surface area contributed by atoms with E-state index in [1.807, 2.05) is 18.7 Å². The van der Waals surface area contributed by atoms with E-state index >= 15 is 0 Å². The number of carbonyl (C=O) groups is 2. The van der Waals surface area contributed by atoms with Crippen LogP contribution in [-0.4, -0.2) is 63.3 Å². The molecule has 2 heterocycles. The van der Waals surface area contributed by atoms with Crippen molar-refractivity contribution in [1.29, 1.82) is 0 Å². The largest absolute Gasteiger partial charge is 0.497 e. The van der Waals surface area contributed by atoms with E-state index in [0.29, 0.717) is 52.9 Å². The molecule has 8 nitrogen and oxygen atoms in total. The highest BCUT2D eigenvalue weighted by Gasteiger charge is 2.44. The second-order valence-corrected chi connectivity index (χ2v) is 8.10. The molecule has 2 aromatic carbocycles. The first-order valence-electron chi connectivity index (χ1n) is 10.8. The summed E-state index contributed by atoms with van der Waals surface area (Å²) in [5, 5.41) is 0. The highest BCUT2D eigenvalue weighted by atomic mass is 16.5. The molecule has 1 saturated heterocycles. The number of imide groups is 1. The monoisotopic (exact) mass is 452 g/mol. The molecule has 0 saturated carbocycles. The first kappa shape index (κ1) is 22.7. The Morgan fingerprint density at radius 2 is 1.42 bits per heavy atom. The molecule has 174 valence electrons. The lowest BCUT2D eigenvalue weighted by atomic mass is 10.0. The van der Waals surface area contributed by atoms with Crippen molar-refractivity contribution in [3.8, 4) is 17.2 Å². The van der Waals surface area contributed by atoms with E-state index in [9.17, 15) is 9.59 Å². The summed E-state index contributed by atoms with van der Waals surface area (Å²) in [5.74, 6) is 0.801. The minimum Gasteiger partial charge on any atom is -0.497 e. The van der Waals surface area contributed by atoms with Crippen LogP contribution in [0.3, 0.4) is 0 Å². The Labute approximate surface area is 193 Å². The summed E-state index contributed by atoms with van der Waals surface area (Å²) in [4.78, 5) is 30.7. The van der Waals surface area contributed by atoms with Gasteiger partial charge in [0.25, 0.3) is 11.8 Å². The van der Waals surface area contributed by atoms with Crippen LogP contribution in [-0.2, 0) is 14.3 Å². The number of hydrogen-bond donors (Lipinski definition) is 0. The van der Waals surface area contributed by atoms with Crippen molar-refractivity contribution in [2.45, 2.75) is 26.1 Å². The predicted molar refractivity (Wildman–Crippen MR) is 124 cm³/mol. The molecule has 2 aromatic rings. The molecule has 2 aliphatic rings. The van der Waals surface area contributed by atoms with Crippen molar-refractivity contribution >= 4 is 23.1 Å². The molecular formula is C25H28N2O6. The molecule has 2 aliphatic heterocycles. The fourth-order valence-corrected chi connectivity index (χ4v) is 4.38. The summed E-state index contributed by atoms with van der Waals surface area (Å²) in [6.45, 7) is 4.93. The number of hydrogen-bond acceptors (Lipinski definition) is 7. The van der Waals surface area contributed by atoms with Crippen molar-refractivity contribution in [2.24, 2.45) is 0 Å². The van der Waals surface area contributed by atoms with E-state index < -0.39 is 11.8 Å². The van der Waals surface area contributed by atoms with Gasteiger partial charge in [-0.1, -0.05) is 12.1 Å². The topological polar surface area (TPSA) is 77.5 Å². The number of ether oxygens (including phenoxy) is 4. The highest BCUT2D eigenvalue weighted by molar-refractivity contribution is 6.45. The molecule has 0 radical (unpaired) electrons. The van der Waals surface area contributed by atoms with Crippen LogP contribution < -0.4 is 19.1 Å². The third kappa shape index (κ3) is 4.14. The maximum Gasteiger partial charge on any atom is 0.282 e. The average Bonchev–Trinajstić information content (AvgIpc) is 3.07. The molecule has 0 bridgehead atoms. The smallest absolute Gasteiger partial charge is 0.282 e. The summed E-state index contributed by atoms with van der Waals surface area (Å²) >= 11 is 0. The summed E-state index contributed by atoms with van der Waals surface area (Å²) in [6, 6.07) is 12.1. The number of morpholine rings is 1. The normalized spacial score (nSPS) is 21.0. The standard InChI is InChI=1S/C25H28N2O6/c1-15-13-26(14-16(2)33-15)23-22(17-6-8-18(30-3)9-7-17)24(28)27(25(23)29)20-11-10-19(31-4)12-21(20)32-5/h6-12,15-16H,13-14H2,1-5H3. The van der Waals surface area contributed by atoms with E-state index in [2.05, 4.69) is 0 Å². The van der Waals surface area contributed by atoms with E-state index in [1.54, 1.807) is 56.7 Å². The van der Waals surface area contributed by atoms with Crippen LogP contribution >= 0.6 is 0 Å². The minimum atomic E-state index is -0.407. The molecule has 2 unspecified atom stereocenters. The predicted octanol–water partition coefficient (Wildman–Crippen LogP) is 3.11. The zero-order valence-electron chi connectivity index (χ0n) is 19.5. The number of amides is 2. The van der Waals surface area contributed by atoms with Gasteiger partial charge in [-0.25, -0.2) is 4.90 Å². The summed E-state index contributed by atoms with van der Waals surface area (Å²) in [7, 11) is 4.62. The van der Waals surface area contributed by atoms with Crippen molar-refractivity contribution in [3.05, 3.63) is 53.7 Å². The number of nitrogens with zero attached hydrogens (tertiary/aromatic N) is 2. The third-order valence-electron chi connectivity index (χ3n) is 5.80. The number of carbonyl (C=O) groups excluding carboxylic acids is 2. The quantitative estimate of drug-likeness (QED) is 0.624. The van der Waals surface area contributed by atoms with E-state index in [4.69, 9.17) is 18.9 Å². The Hall–Kier alpha value is -3.52. The van der Waals surface area contributed by atoms with Crippen molar-refractivity contribution in [3.63, 3.8) is 0 Å². The fourth-order valence-electron chi connectivity index (χ4n) is 4.38. The van der Waals surface area contributed by atoms with Crippen molar-refractivity contribution in [1.82, 2.24) is 4.90 Å². The summed E-state index contributed by atoms with van der Waals surface area (Å²) in [6.07, 6.45) is -0.156. The summed E-state index contributed by atoms with van der Waals surface area (Å²) < 4.78 is 21.9. The molecule has 2 amide bonds. The number of benzene rings is 2. The third-order valence-corrected chi connectivity index (χ3v) is 5.80. The Balaban J connectivity index is 1.84. The SMILES string of the molecule is COc1ccc(C2=C(N3CC(C)OC(C)C3)C(=O)N(c3ccc(OC)cc3OC)C2=O)cc1. The molecule has 33 heavy (non-hydrogen) atoms. The molecule has 0 N–H and O–H groups in total. The van der Waals surface area contributed by atoms with Crippen LogP contribution in [0.25, 0.3) is 5.57 Å². The molecule has 0 aliphatic carbocycles. The van der Waals surface area contributed by atoms with Crippen LogP contribution in [0.5, 0.6) is 17.2 Å². The lowest BCUT2D eigenvalue weighted by Gasteiger charge is -2.37. The Bertz CT molecular complexity index is 1080. The zero-order chi connectivity index (χ0) is 23.7. The summed E-state index contributed by atoms with van der Waals surface area (Å²) in [5.41, 5.74) is 1.72. The van der Waals surface area contributed by atoms with Gasteiger partial charge in [-0.05, 0) is 43.7 Å². The van der Waals surface area contributed by atoms with Crippen LogP contribution in [0.1, 0.15) is 19.4 Å². The van der Waals surface area contributed by atoms with Gasteiger partial charge in [-0.2, -0.15) is 0 Å². The maximum atomic E-state index is 13.8. The van der Waals surface area contributed by atoms with Crippen molar-refractivity contribution < 1.29 is 28.5 Å². The first-order valence-corrected chi connectivity index (χ1v) is 10.8. The van der Waals surface area contributed by atoms with Gasteiger partial charge in [0, 0.05) is 19.2 Å². The molecule has 0 spiro atoms. The molecule has 4 rings (SSSR count). The Kier molecular flexibility index (Phi) is 6.29. The van der Waals surface area contributed by atoms with Crippen LogP contribution in [0, 0.1) is 0 Å². The number of anilines is 1. The van der Waals surface area contributed by atoms with Gasteiger partial charge in [0.2, 0.25) is 0 Å². The van der Waals surface area contributed by atoms with Crippen LogP contribution in [0.15, 0.2) is 48.2 Å². The van der Waals surface area contributed by atoms with Crippen LogP contribution in [0.4, 0.5) is 5.69 Å². The Morgan fingerprint density at radius 3 is 2.00 bits per heavy atom. The van der Waals surface area contributed by atoms with Gasteiger partial charge < -0.3 is 23.8 Å². The molecule has 0 aromatic heterocycles. The van der Waals surface area contributed by atoms with Gasteiger partial charge in [0.05, 0.1) is 44.8 Å².